The summed E-state index contributed by atoms with van der Waals surface area (Å²) in [4.78, 5) is 11.7. The van der Waals surface area contributed by atoms with Gasteiger partial charge in [-0.1, -0.05) is 79.0 Å². The number of rotatable bonds is 3. The maximum Gasteiger partial charge on any atom is 0.223 e. The van der Waals surface area contributed by atoms with Crippen LogP contribution in [0.2, 0.25) is 0 Å². The molecule has 0 aliphatic heterocycles. The van der Waals surface area contributed by atoms with E-state index in [1.807, 2.05) is 30.3 Å². The van der Waals surface area contributed by atoms with Crippen LogP contribution < -0.4 is 5.32 Å². The lowest BCUT2D eigenvalue weighted by Gasteiger charge is -2.26. The molecule has 0 bridgehead atoms. The average Bonchev–Trinajstić information content (AvgIpc) is 2.25. The van der Waals surface area contributed by atoms with E-state index < -0.39 is 9.83 Å². The molecule has 0 aliphatic carbocycles. The third kappa shape index (κ3) is 4.38. The first-order valence-electron chi connectivity index (χ1n) is 5.24. The SMILES string of the molecule is CC(C)C(=O)N[C@H](c1ccccc1)C(Cl)(Cl)Cl. The molecule has 1 aromatic rings. The summed E-state index contributed by atoms with van der Waals surface area (Å²) >= 11 is 17.7. The van der Waals surface area contributed by atoms with Crippen LogP contribution in [0.3, 0.4) is 0 Å². The van der Waals surface area contributed by atoms with Crippen molar-refractivity contribution in [3.63, 3.8) is 0 Å². The molecule has 0 saturated carbocycles. The van der Waals surface area contributed by atoms with Crippen LogP contribution in [-0.2, 0) is 4.79 Å². The summed E-state index contributed by atoms with van der Waals surface area (Å²) in [5, 5.41) is 2.74. The second-order valence-electron chi connectivity index (χ2n) is 4.05. The molecule has 0 saturated heterocycles. The van der Waals surface area contributed by atoms with Gasteiger partial charge in [0, 0.05) is 5.92 Å². The second kappa shape index (κ2) is 5.94. The van der Waals surface area contributed by atoms with E-state index in [1.54, 1.807) is 13.8 Å². The van der Waals surface area contributed by atoms with Crippen molar-refractivity contribution in [2.75, 3.05) is 0 Å². The molecule has 0 heterocycles. The zero-order valence-corrected chi connectivity index (χ0v) is 11.9. The van der Waals surface area contributed by atoms with Crippen molar-refractivity contribution in [1.29, 1.82) is 0 Å². The molecule has 1 atom stereocenters. The highest BCUT2D eigenvalue weighted by atomic mass is 35.6. The van der Waals surface area contributed by atoms with Gasteiger partial charge < -0.3 is 5.32 Å². The Hall–Kier alpha value is -0.440. The Kier molecular flexibility index (Phi) is 5.11. The molecule has 0 aromatic heterocycles. The van der Waals surface area contributed by atoms with Gasteiger partial charge in [0.2, 0.25) is 9.70 Å². The van der Waals surface area contributed by atoms with Gasteiger partial charge in [0.15, 0.2) is 0 Å². The summed E-state index contributed by atoms with van der Waals surface area (Å²) < 4.78 is -1.58. The first kappa shape index (κ1) is 14.6. The third-order valence-corrected chi connectivity index (χ3v) is 2.93. The Bertz CT molecular complexity index is 373. The van der Waals surface area contributed by atoms with Crippen molar-refractivity contribution in [2.45, 2.75) is 23.7 Å². The number of alkyl halides is 3. The minimum absolute atomic E-state index is 0.148. The number of benzene rings is 1. The van der Waals surface area contributed by atoms with Gasteiger partial charge in [-0.2, -0.15) is 0 Å². The van der Waals surface area contributed by atoms with E-state index >= 15 is 0 Å². The zero-order chi connectivity index (χ0) is 13.1. The van der Waals surface area contributed by atoms with Crippen LogP contribution in [0.25, 0.3) is 0 Å². The van der Waals surface area contributed by atoms with E-state index in [0.29, 0.717) is 0 Å². The number of halogens is 3. The van der Waals surface area contributed by atoms with Crippen LogP contribution in [0, 0.1) is 5.92 Å². The monoisotopic (exact) mass is 293 g/mol. The van der Waals surface area contributed by atoms with Crippen LogP contribution >= 0.6 is 34.8 Å². The minimum atomic E-state index is -1.58. The maximum absolute atomic E-state index is 11.7. The Morgan fingerprint density at radius 1 is 1.18 bits per heavy atom. The number of hydrogen-bond acceptors (Lipinski definition) is 1. The molecular formula is C12H14Cl3NO. The van der Waals surface area contributed by atoms with E-state index in [-0.39, 0.29) is 11.8 Å². The van der Waals surface area contributed by atoms with Crippen molar-refractivity contribution < 1.29 is 4.79 Å². The van der Waals surface area contributed by atoms with Crippen molar-refractivity contribution in [1.82, 2.24) is 5.32 Å². The fourth-order valence-corrected chi connectivity index (χ4v) is 1.85. The van der Waals surface area contributed by atoms with Crippen LogP contribution in [-0.4, -0.2) is 9.70 Å². The number of hydrogen-bond donors (Lipinski definition) is 1. The van der Waals surface area contributed by atoms with Crippen molar-refractivity contribution in [3.8, 4) is 0 Å². The Balaban J connectivity index is 2.95. The smallest absolute Gasteiger partial charge is 0.223 e. The van der Waals surface area contributed by atoms with Gasteiger partial charge in [-0.15, -0.1) is 0 Å². The third-order valence-electron chi connectivity index (χ3n) is 2.27. The first-order valence-corrected chi connectivity index (χ1v) is 6.38. The molecule has 0 radical (unpaired) electrons. The molecule has 2 nitrogen and oxygen atoms in total. The van der Waals surface area contributed by atoms with E-state index in [0.717, 1.165) is 5.56 Å². The molecule has 1 aromatic carbocycles. The van der Waals surface area contributed by atoms with Gasteiger partial charge in [0.05, 0.1) is 0 Å². The predicted molar refractivity (Wildman–Crippen MR) is 72.5 cm³/mol. The summed E-state index contributed by atoms with van der Waals surface area (Å²) in [6.07, 6.45) is 0. The summed E-state index contributed by atoms with van der Waals surface area (Å²) in [5.74, 6) is -0.307. The first-order chi connectivity index (χ1) is 7.82. The van der Waals surface area contributed by atoms with Crippen LogP contribution in [0.5, 0.6) is 0 Å². The summed E-state index contributed by atoms with van der Waals surface area (Å²) in [6.45, 7) is 3.57. The lowest BCUT2D eigenvalue weighted by Crippen LogP contribution is -2.38. The maximum atomic E-state index is 11.7. The van der Waals surface area contributed by atoms with Gasteiger partial charge in [0.25, 0.3) is 0 Å². The molecule has 17 heavy (non-hydrogen) atoms. The Labute approximate surface area is 116 Å². The van der Waals surface area contributed by atoms with E-state index in [4.69, 9.17) is 34.8 Å². The molecule has 1 amide bonds. The minimum Gasteiger partial charge on any atom is -0.345 e. The largest absolute Gasteiger partial charge is 0.345 e. The van der Waals surface area contributed by atoms with Crippen LogP contribution in [0.15, 0.2) is 30.3 Å². The highest BCUT2D eigenvalue weighted by Crippen LogP contribution is 2.39. The highest BCUT2D eigenvalue weighted by Gasteiger charge is 2.35. The highest BCUT2D eigenvalue weighted by molar-refractivity contribution is 6.68. The van der Waals surface area contributed by atoms with Gasteiger partial charge in [0.1, 0.15) is 6.04 Å². The number of nitrogens with one attached hydrogen (secondary N) is 1. The lowest BCUT2D eigenvalue weighted by molar-refractivity contribution is -0.124. The summed E-state index contributed by atoms with van der Waals surface area (Å²) in [7, 11) is 0. The second-order valence-corrected chi connectivity index (χ2v) is 6.42. The van der Waals surface area contributed by atoms with Gasteiger partial charge in [-0.25, -0.2) is 0 Å². The number of amides is 1. The summed E-state index contributed by atoms with van der Waals surface area (Å²) in [6, 6.07) is 8.51. The average molecular weight is 295 g/mol. The number of carbonyl (C=O) groups excluding carboxylic acids is 1. The molecule has 0 unspecified atom stereocenters. The molecule has 0 fully saturated rings. The number of carbonyl (C=O) groups is 1. The zero-order valence-electron chi connectivity index (χ0n) is 9.58. The predicted octanol–water partition coefficient (Wildman–Crippen LogP) is 3.87. The Morgan fingerprint density at radius 2 is 1.71 bits per heavy atom. The van der Waals surface area contributed by atoms with Crippen LogP contribution in [0.1, 0.15) is 25.5 Å². The van der Waals surface area contributed by atoms with Crippen molar-refractivity contribution >= 4 is 40.7 Å². The van der Waals surface area contributed by atoms with E-state index in [9.17, 15) is 4.79 Å². The molecular weight excluding hydrogens is 280 g/mol. The standard InChI is InChI=1S/C12H14Cl3NO/c1-8(2)11(17)16-10(12(13,14)15)9-6-4-3-5-7-9/h3-8,10H,1-2H3,(H,16,17)/t10-/m1/s1. The Morgan fingerprint density at radius 3 is 2.12 bits per heavy atom. The fraction of sp³-hybridized carbons (Fsp3) is 0.417. The molecule has 1 N–H and O–H groups in total. The van der Waals surface area contributed by atoms with Gasteiger partial charge in [-0.05, 0) is 5.56 Å². The van der Waals surface area contributed by atoms with Crippen LogP contribution in [0.4, 0.5) is 0 Å². The van der Waals surface area contributed by atoms with E-state index in [2.05, 4.69) is 5.32 Å². The lowest BCUT2D eigenvalue weighted by atomic mass is 10.1. The molecule has 5 heteroatoms. The van der Waals surface area contributed by atoms with Crippen molar-refractivity contribution in [2.24, 2.45) is 5.92 Å². The molecule has 0 aliphatic rings. The van der Waals surface area contributed by atoms with E-state index in [1.165, 1.54) is 0 Å². The summed E-state index contributed by atoms with van der Waals surface area (Å²) in [5.41, 5.74) is 0.765. The topological polar surface area (TPSA) is 29.1 Å². The van der Waals surface area contributed by atoms with Gasteiger partial charge in [-0.3, -0.25) is 4.79 Å². The van der Waals surface area contributed by atoms with Gasteiger partial charge >= 0.3 is 0 Å². The van der Waals surface area contributed by atoms with Crippen molar-refractivity contribution in [3.05, 3.63) is 35.9 Å². The quantitative estimate of drug-likeness (QED) is 0.842. The normalized spacial score (nSPS) is 13.5. The molecule has 94 valence electrons. The molecule has 1 rings (SSSR count). The molecule has 0 spiro atoms. The fourth-order valence-electron chi connectivity index (χ4n) is 1.31.